The average Bonchev–Trinajstić information content (AvgIpc) is 2.56. The van der Waals surface area contributed by atoms with Crippen LogP contribution in [0.25, 0.3) is 0 Å². The molecule has 1 aliphatic carbocycles. The third-order valence-electron chi connectivity index (χ3n) is 4.34. The molecular weight excluding hydrogens is 320 g/mol. The maximum atomic E-state index is 4.41. The minimum absolute atomic E-state index is 0.713. The van der Waals surface area contributed by atoms with Gasteiger partial charge in [0.05, 0.1) is 11.4 Å². The van der Waals surface area contributed by atoms with E-state index in [9.17, 15) is 0 Å². The van der Waals surface area contributed by atoms with E-state index in [0.717, 1.165) is 35.5 Å². The SMILES string of the molecule is C=CN=C(C(=C)NC/C1=C/C/C(N(C)C)=C(/C)CC=C1)C(NC)=C(C)C. The zero-order valence-electron chi connectivity index (χ0n) is 17.2. The summed E-state index contributed by atoms with van der Waals surface area (Å²) in [6.07, 6.45) is 10.2. The predicted octanol–water partition coefficient (Wildman–Crippen LogP) is 4.30. The van der Waals surface area contributed by atoms with Gasteiger partial charge in [-0.25, -0.2) is 0 Å². The van der Waals surface area contributed by atoms with Crippen molar-refractivity contribution in [2.75, 3.05) is 27.7 Å². The zero-order chi connectivity index (χ0) is 19.7. The Labute approximate surface area is 159 Å². The monoisotopic (exact) mass is 354 g/mol. The fourth-order valence-corrected chi connectivity index (χ4v) is 2.95. The highest BCUT2D eigenvalue weighted by Crippen LogP contribution is 2.20. The lowest BCUT2D eigenvalue weighted by Gasteiger charge is -2.21. The van der Waals surface area contributed by atoms with E-state index in [2.05, 4.69) is 86.8 Å². The highest BCUT2D eigenvalue weighted by atomic mass is 15.1. The molecule has 0 radical (unpaired) electrons. The maximum Gasteiger partial charge on any atom is 0.108 e. The van der Waals surface area contributed by atoms with Crippen LogP contribution in [-0.2, 0) is 0 Å². The van der Waals surface area contributed by atoms with Crippen molar-refractivity contribution in [2.24, 2.45) is 4.99 Å². The molecule has 0 fully saturated rings. The van der Waals surface area contributed by atoms with E-state index in [-0.39, 0.29) is 0 Å². The molecule has 0 heterocycles. The van der Waals surface area contributed by atoms with Crippen LogP contribution in [0.2, 0.25) is 0 Å². The van der Waals surface area contributed by atoms with Gasteiger partial charge in [-0.2, -0.15) is 0 Å². The van der Waals surface area contributed by atoms with Crippen LogP contribution in [-0.4, -0.2) is 38.3 Å². The topological polar surface area (TPSA) is 39.7 Å². The maximum absolute atomic E-state index is 4.41. The third kappa shape index (κ3) is 6.10. The van der Waals surface area contributed by atoms with E-state index in [4.69, 9.17) is 0 Å². The third-order valence-corrected chi connectivity index (χ3v) is 4.34. The van der Waals surface area contributed by atoms with Crippen LogP contribution < -0.4 is 10.6 Å². The molecule has 0 bridgehead atoms. The molecule has 0 unspecified atom stereocenters. The summed E-state index contributed by atoms with van der Waals surface area (Å²) in [6, 6.07) is 0. The Morgan fingerprint density at radius 3 is 2.54 bits per heavy atom. The molecule has 0 aromatic heterocycles. The quantitative estimate of drug-likeness (QED) is 0.639. The molecular formula is C22H34N4. The Morgan fingerprint density at radius 1 is 1.31 bits per heavy atom. The second kappa shape index (κ2) is 10.5. The molecule has 142 valence electrons. The van der Waals surface area contributed by atoms with E-state index in [0.29, 0.717) is 6.54 Å². The first kappa shape index (κ1) is 21.6. The van der Waals surface area contributed by atoms with Gasteiger partial charge in [0.2, 0.25) is 0 Å². The molecule has 4 heteroatoms. The molecule has 1 rings (SSSR count). The van der Waals surface area contributed by atoms with Gasteiger partial charge in [0.25, 0.3) is 0 Å². The van der Waals surface area contributed by atoms with Gasteiger partial charge in [0.15, 0.2) is 0 Å². The second-order valence-electron chi connectivity index (χ2n) is 6.83. The largest absolute Gasteiger partial charge is 0.386 e. The van der Waals surface area contributed by atoms with Gasteiger partial charge in [0.1, 0.15) is 5.71 Å². The molecule has 0 aliphatic heterocycles. The van der Waals surface area contributed by atoms with E-state index in [1.807, 2.05) is 7.05 Å². The van der Waals surface area contributed by atoms with Crippen molar-refractivity contribution >= 4 is 5.71 Å². The van der Waals surface area contributed by atoms with Crippen molar-refractivity contribution in [1.82, 2.24) is 15.5 Å². The van der Waals surface area contributed by atoms with Crippen LogP contribution in [0.5, 0.6) is 0 Å². The van der Waals surface area contributed by atoms with Gasteiger partial charge >= 0.3 is 0 Å². The van der Waals surface area contributed by atoms with Gasteiger partial charge in [-0.15, -0.1) is 0 Å². The van der Waals surface area contributed by atoms with E-state index >= 15 is 0 Å². The molecule has 0 saturated carbocycles. The van der Waals surface area contributed by atoms with Crippen LogP contribution in [0.4, 0.5) is 0 Å². The first-order valence-electron chi connectivity index (χ1n) is 9.00. The van der Waals surface area contributed by atoms with Crippen molar-refractivity contribution in [3.05, 3.63) is 71.4 Å². The number of hydrogen-bond donors (Lipinski definition) is 2. The molecule has 0 aromatic carbocycles. The predicted molar refractivity (Wildman–Crippen MR) is 115 cm³/mol. The number of nitrogens with one attached hydrogen (secondary N) is 2. The molecule has 26 heavy (non-hydrogen) atoms. The summed E-state index contributed by atoms with van der Waals surface area (Å²) in [6.45, 7) is 14.9. The second-order valence-corrected chi connectivity index (χ2v) is 6.83. The smallest absolute Gasteiger partial charge is 0.108 e. The number of allylic oxidation sites excluding steroid dienone is 4. The normalized spacial score (nSPS) is 19.6. The Bertz CT molecular complexity index is 681. The molecule has 0 saturated heterocycles. The number of hydrogen-bond acceptors (Lipinski definition) is 4. The van der Waals surface area contributed by atoms with Gasteiger partial charge < -0.3 is 15.5 Å². The first-order chi connectivity index (χ1) is 12.3. The molecule has 4 nitrogen and oxygen atoms in total. The standard InChI is InChI=1S/C22H34N4/c1-9-24-22(21(23-6)16(2)3)18(5)25-15-19-12-10-11-17(4)20(14-13-19)26(7)8/h9-10,12-13,23,25H,1,5,11,14-15H2,2-4,6-8H3/b12-10?,19-13+,20-17+,24-22?. The van der Waals surface area contributed by atoms with Crippen molar-refractivity contribution in [3.63, 3.8) is 0 Å². The summed E-state index contributed by atoms with van der Waals surface area (Å²) < 4.78 is 0. The van der Waals surface area contributed by atoms with Crippen molar-refractivity contribution in [3.8, 4) is 0 Å². The lowest BCUT2D eigenvalue weighted by atomic mass is 10.0. The summed E-state index contributed by atoms with van der Waals surface area (Å²) in [7, 11) is 6.11. The van der Waals surface area contributed by atoms with Crippen LogP contribution >= 0.6 is 0 Å². The summed E-state index contributed by atoms with van der Waals surface area (Å²) in [4.78, 5) is 6.61. The van der Waals surface area contributed by atoms with Crippen LogP contribution in [0.15, 0.2) is 76.4 Å². The van der Waals surface area contributed by atoms with Crippen molar-refractivity contribution in [1.29, 1.82) is 0 Å². The molecule has 0 atom stereocenters. The fourth-order valence-electron chi connectivity index (χ4n) is 2.95. The van der Waals surface area contributed by atoms with Crippen molar-refractivity contribution in [2.45, 2.75) is 33.6 Å². The Hall–Kier alpha value is -2.49. The Morgan fingerprint density at radius 2 is 2.00 bits per heavy atom. The number of rotatable bonds is 8. The minimum atomic E-state index is 0.713. The summed E-state index contributed by atoms with van der Waals surface area (Å²) in [5, 5.41) is 6.62. The number of nitrogens with zero attached hydrogens (tertiary/aromatic N) is 2. The molecule has 0 aromatic rings. The highest BCUT2D eigenvalue weighted by molar-refractivity contribution is 6.11. The number of aliphatic imine (C=N–C) groups is 1. The van der Waals surface area contributed by atoms with Gasteiger partial charge in [-0.3, -0.25) is 4.99 Å². The highest BCUT2D eigenvalue weighted by Gasteiger charge is 2.12. The minimum Gasteiger partial charge on any atom is -0.386 e. The van der Waals surface area contributed by atoms with E-state index < -0.39 is 0 Å². The van der Waals surface area contributed by atoms with E-state index in [1.165, 1.54) is 16.8 Å². The molecule has 0 amide bonds. The summed E-state index contributed by atoms with van der Waals surface area (Å²) >= 11 is 0. The fraction of sp³-hybridized carbons (Fsp3) is 0.409. The first-order valence-corrected chi connectivity index (χ1v) is 9.00. The van der Waals surface area contributed by atoms with Crippen LogP contribution in [0.3, 0.4) is 0 Å². The zero-order valence-corrected chi connectivity index (χ0v) is 17.2. The van der Waals surface area contributed by atoms with Gasteiger partial charge in [-0.1, -0.05) is 42.5 Å². The Kier molecular flexibility index (Phi) is 8.70. The van der Waals surface area contributed by atoms with Gasteiger partial charge in [-0.05, 0) is 32.8 Å². The summed E-state index contributed by atoms with van der Waals surface area (Å²) in [5.41, 5.74) is 7.74. The lowest BCUT2D eigenvalue weighted by molar-refractivity contribution is 0.492. The Balaban J connectivity index is 2.90. The van der Waals surface area contributed by atoms with Gasteiger partial charge in [0, 0.05) is 46.0 Å². The van der Waals surface area contributed by atoms with E-state index in [1.54, 1.807) is 6.20 Å². The van der Waals surface area contributed by atoms with Crippen LogP contribution in [0, 0.1) is 0 Å². The summed E-state index contributed by atoms with van der Waals surface area (Å²) in [5.74, 6) is 0. The molecule has 2 N–H and O–H groups in total. The van der Waals surface area contributed by atoms with Crippen LogP contribution in [0.1, 0.15) is 33.6 Å². The average molecular weight is 355 g/mol. The molecule has 1 aliphatic rings. The molecule has 0 spiro atoms. The lowest BCUT2D eigenvalue weighted by Crippen LogP contribution is -2.27. The van der Waals surface area contributed by atoms with Crippen molar-refractivity contribution < 1.29 is 0 Å².